The smallest absolute Gasteiger partial charge is 0.238 e. The quantitative estimate of drug-likeness (QED) is 0.168. The summed E-state index contributed by atoms with van der Waals surface area (Å²) in [6.45, 7) is 0. The topological polar surface area (TPSA) is 61.7 Å². The maximum atomic E-state index is 6.56. The van der Waals surface area contributed by atoms with Crippen LogP contribution in [0.2, 0.25) is 0 Å². The summed E-state index contributed by atoms with van der Waals surface area (Å²) >= 11 is 0. The van der Waals surface area contributed by atoms with Crippen LogP contribution in [-0.2, 0) is 0 Å². The maximum Gasteiger partial charge on any atom is 0.238 e. The van der Waals surface area contributed by atoms with E-state index >= 15 is 0 Å². The molecule has 0 aliphatic heterocycles. The fraction of sp³-hybridized carbons (Fsp3) is 0. The van der Waals surface area contributed by atoms with Crippen LogP contribution in [-0.4, -0.2) is 24.1 Å². The molecule has 4 heterocycles. The van der Waals surface area contributed by atoms with Crippen molar-refractivity contribution >= 4 is 65.6 Å². The van der Waals surface area contributed by atoms with Crippen LogP contribution < -0.4 is 0 Å². The Morgan fingerprint density at radius 2 is 0.857 bits per heavy atom. The summed E-state index contributed by atoms with van der Waals surface area (Å²) in [6.07, 6.45) is 0. The molecule has 13 rings (SSSR count). The lowest BCUT2D eigenvalue weighted by Crippen LogP contribution is -2.07. The van der Waals surface area contributed by atoms with E-state index in [0.29, 0.717) is 17.6 Å². The third-order valence-electron chi connectivity index (χ3n) is 12.4. The van der Waals surface area contributed by atoms with Gasteiger partial charge in [-0.05, 0) is 64.7 Å². The van der Waals surface area contributed by atoms with Gasteiger partial charge < -0.3 is 8.98 Å². The molecule has 0 aliphatic carbocycles. The molecule has 0 amide bonds. The Morgan fingerprint density at radius 1 is 0.333 bits per heavy atom. The second-order valence-electron chi connectivity index (χ2n) is 16.0. The van der Waals surface area contributed by atoms with Gasteiger partial charge in [0.2, 0.25) is 5.95 Å². The third-order valence-corrected chi connectivity index (χ3v) is 12.4. The number of rotatable bonds is 6. The molecule has 0 atom stereocenters. The van der Waals surface area contributed by atoms with E-state index in [4.69, 9.17) is 19.4 Å². The molecule has 6 heteroatoms. The van der Waals surface area contributed by atoms with Gasteiger partial charge in [-0.2, -0.15) is 9.97 Å². The number of para-hydroxylation sites is 4. The van der Waals surface area contributed by atoms with Gasteiger partial charge in [0.15, 0.2) is 11.6 Å². The number of nitrogens with zero attached hydrogens (tertiary/aromatic N) is 5. The highest BCUT2D eigenvalue weighted by atomic mass is 16.3. The molecule has 13 aromatic rings. The fourth-order valence-electron chi connectivity index (χ4n) is 9.51. The Bertz CT molecular complexity index is 3900. The SMILES string of the molecule is c1ccc(-c2cccc(-c3ccc(-n4c5ccccc5c5ccc6c7ccccc7n(-c7nc(-c8ccccc8)nc(-c8cccc9c8oc8ccccc89)n7)c6c54)cc3)c2)cc1. The highest BCUT2D eigenvalue weighted by molar-refractivity contribution is 6.23. The fourth-order valence-corrected chi connectivity index (χ4v) is 9.51. The molecular weight excluding hydrogens is 771 g/mol. The van der Waals surface area contributed by atoms with E-state index in [9.17, 15) is 0 Å². The third kappa shape index (κ3) is 5.55. The molecule has 0 radical (unpaired) electrons. The van der Waals surface area contributed by atoms with Gasteiger partial charge >= 0.3 is 0 Å². The van der Waals surface area contributed by atoms with Gasteiger partial charge in [0.05, 0.1) is 27.6 Å². The molecule has 0 N–H and O–H groups in total. The monoisotopic (exact) mass is 805 g/mol. The van der Waals surface area contributed by atoms with Gasteiger partial charge in [0, 0.05) is 43.6 Å². The molecule has 0 fully saturated rings. The van der Waals surface area contributed by atoms with Crippen LogP contribution in [0.1, 0.15) is 0 Å². The number of hydrogen-bond acceptors (Lipinski definition) is 4. The van der Waals surface area contributed by atoms with Crippen molar-refractivity contribution in [3.63, 3.8) is 0 Å². The van der Waals surface area contributed by atoms with E-state index in [1.807, 2.05) is 54.6 Å². The van der Waals surface area contributed by atoms with E-state index in [2.05, 4.69) is 167 Å². The molecule has 0 saturated carbocycles. The second-order valence-corrected chi connectivity index (χ2v) is 16.0. The first-order valence-electron chi connectivity index (χ1n) is 21.2. The molecule has 63 heavy (non-hydrogen) atoms. The van der Waals surface area contributed by atoms with Crippen LogP contribution in [0.3, 0.4) is 0 Å². The summed E-state index contributed by atoms with van der Waals surface area (Å²) in [5, 5.41) is 6.61. The predicted molar refractivity (Wildman–Crippen MR) is 258 cm³/mol. The summed E-state index contributed by atoms with van der Waals surface area (Å²) < 4.78 is 11.2. The molecule has 0 unspecified atom stereocenters. The maximum absolute atomic E-state index is 6.56. The first kappa shape index (κ1) is 35.2. The number of furan rings is 1. The second kappa shape index (κ2) is 14.0. The number of fused-ring (bicyclic) bond motifs is 10. The first-order chi connectivity index (χ1) is 31.2. The van der Waals surface area contributed by atoms with Gasteiger partial charge in [-0.1, -0.05) is 170 Å². The molecule has 294 valence electrons. The first-order valence-corrected chi connectivity index (χ1v) is 21.2. The van der Waals surface area contributed by atoms with Crippen LogP contribution in [0, 0.1) is 0 Å². The van der Waals surface area contributed by atoms with Crippen LogP contribution in [0.15, 0.2) is 217 Å². The van der Waals surface area contributed by atoms with Crippen molar-refractivity contribution in [3.05, 3.63) is 212 Å². The van der Waals surface area contributed by atoms with E-state index < -0.39 is 0 Å². The minimum atomic E-state index is 0.524. The molecule has 0 aliphatic rings. The minimum Gasteiger partial charge on any atom is -0.455 e. The predicted octanol–water partition coefficient (Wildman–Crippen LogP) is 14.6. The van der Waals surface area contributed by atoms with Crippen LogP contribution in [0.25, 0.3) is 122 Å². The number of hydrogen-bond donors (Lipinski definition) is 0. The molecule has 9 aromatic carbocycles. The molecular formula is C57H35N5O. The van der Waals surface area contributed by atoms with Gasteiger partial charge in [0.1, 0.15) is 11.2 Å². The van der Waals surface area contributed by atoms with Crippen LogP contribution in [0.4, 0.5) is 0 Å². The van der Waals surface area contributed by atoms with Gasteiger partial charge in [-0.3, -0.25) is 4.57 Å². The highest BCUT2D eigenvalue weighted by Crippen LogP contribution is 2.42. The van der Waals surface area contributed by atoms with Crippen LogP contribution in [0.5, 0.6) is 0 Å². The van der Waals surface area contributed by atoms with Crippen molar-refractivity contribution in [2.24, 2.45) is 0 Å². The Labute approximate surface area is 361 Å². The van der Waals surface area contributed by atoms with Gasteiger partial charge in [0.25, 0.3) is 0 Å². The van der Waals surface area contributed by atoms with Crippen LogP contribution >= 0.6 is 0 Å². The Balaban J connectivity index is 1.08. The summed E-state index contributed by atoms with van der Waals surface area (Å²) in [5.41, 5.74) is 13.3. The zero-order valence-corrected chi connectivity index (χ0v) is 33.9. The Morgan fingerprint density at radius 3 is 1.57 bits per heavy atom. The average Bonchev–Trinajstić information content (AvgIpc) is 4.03. The summed E-state index contributed by atoms with van der Waals surface area (Å²) in [6, 6.07) is 74.5. The minimum absolute atomic E-state index is 0.524. The lowest BCUT2D eigenvalue weighted by Gasteiger charge is -2.14. The van der Waals surface area contributed by atoms with Crippen molar-refractivity contribution in [1.29, 1.82) is 0 Å². The van der Waals surface area contributed by atoms with Crippen molar-refractivity contribution in [2.45, 2.75) is 0 Å². The standard InChI is InChI=1S/C57H35N5O/c1-3-15-36(16-4-1)39-19-13-20-40(35-39)37-29-31-41(32-30-37)61-49-26-10-7-21-42(49)45-33-34-46-43-22-8-11-27-50(43)62(53(46)52(45)61)57-59-55(38-17-5-2-6-18-38)58-56(60-57)48-25-14-24-47-44-23-9-12-28-51(44)63-54(47)48/h1-35H. The van der Waals surface area contributed by atoms with Crippen molar-refractivity contribution in [2.75, 3.05) is 0 Å². The lowest BCUT2D eigenvalue weighted by molar-refractivity contribution is 0.669. The molecule has 0 saturated heterocycles. The highest BCUT2D eigenvalue weighted by Gasteiger charge is 2.24. The Kier molecular flexibility index (Phi) is 7.80. The summed E-state index contributed by atoms with van der Waals surface area (Å²) in [5.74, 6) is 1.64. The van der Waals surface area contributed by atoms with Crippen molar-refractivity contribution < 1.29 is 4.42 Å². The van der Waals surface area contributed by atoms with E-state index in [1.54, 1.807) is 0 Å². The van der Waals surface area contributed by atoms with Crippen molar-refractivity contribution in [1.82, 2.24) is 24.1 Å². The zero-order valence-electron chi connectivity index (χ0n) is 33.9. The van der Waals surface area contributed by atoms with E-state index in [-0.39, 0.29) is 0 Å². The van der Waals surface area contributed by atoms with Crippen molar-refractivity contribution in [3.8, 4) is 56.7 Å². The number of benzene rings is 9. The average molecular weight is 806 g/mol. The van der Waals surface area contributed by atoms with E-state index in [1.165, 1.54) is 22.1 Å². The normalized spacial score (nSPS) is 11.8. The number of aromatic nitrogens is 5. The van der Waals surface area contributed by atoms with Gasteiger partial charge in [-0.25, -0.2) is 4.98 Å². The lowest BCUT2D eigenvalue weighted by atomic mass is 9.99. The summed E-state index contributed by atoms with van der Waals surface area (Å²) in [7, 11) is 0. The zero-order chi connectivity index (χ0) is 41.4. The molecule has 4 aromatic heterocycles. The molecule has 6 nitrogen and oxygen atoms in total. The van der Waals surface area contributed by atoms with Gasteiger partial charge in [-0.15, -0.1) is 0 Å². The largest absolute Gasteiger partial charge is 0.455 e. The molecule has 0 bridgehead atoms. The Hall–Kier alpha value is -8.61. The molecule has 0 spiro atoms. The summed E-state index contributed by atoms with van der Waals surface area (Å²) in [4.78, 5) is 15.9. The van der Waals surface area contributed by atoms with E-state index in [0.717, 1.165) is 82.5 Å².